The van der Waals surface area contributed by atoms with Crippen molar-refractivity contribution >= 4 is 0 Å². The van der Waals surface area contributed by atoms with Gasteiger partial charge in [-0.1, -0.05) is 201 Å². The number of rotatable bonds is 36. The fourth-order valence-electron chi connectivity index (χ4n) is 7.01. The monoisotopic (exact) mass is 616 g/mol. The standard InChI is InChI=1S/C42H83N2/c1-4-7-10-12-14-16-18-20-22-23-24-26-28-30-32-34-36-39-44-41-40-43(42(44)37-9-6-3)38-35-33-31-29-27-25-21-19-17-15-13-11-8-5-2/h40-41H,4-39H2,1-3H3/q+1. The Morgan fingerprint density at radius 2 is 0.705 bits per heavy atom. The fraction of sp³-hybridized carbons (Fsp3) is 0.929. The molecule has 0 aliphatic carbocycles. The Morgan fingerprint density at radius 3 is 1.07 bits per heavy atom. The van der Waals surface area contributed by atoms with Crippen LogP contribution in [-0.2, 0) is 19.5 Å². The summed E-state index contributed by atoms with van der Waals surface area (Å²) < 4.78 is 5.20. The van der Waals surface area contributed by atoms with Crippen LogP contribution in [0.5, 0.6) is 0 Å². The molecule has 1 aromatic heterocycles. The van der Waals surface area contributed by atoms with Gasteiger partial charge in [-0.3, -0.25) is 0 Å². The number of hydrogen-bond donors (Lipinski definition) is 0. The van der Waals surface area contributed by atoms with Crippen LogP contribution < -0.4 is 4.57 Å². The number of unbranched alkanes of at least 4 members (excludes halogenated alkanes) is 30. The van der Waals surface area contributed by atoms with E-state index in [1.807, 2.05) is 0 Å². The summed E-state index contributed by atoms with van der Waals surface area (Å²) in [5.41, 5.74) is 0. The van der Waals surface area contributed by atoms with Crippen molar-refractivity contribution in [1.29, 1.82) is 0 Å². The highest BCUT2D eigenvalue weighted by Crippen LogP contribution is 2.16. The lowest BCUT2D eigenvalue weighted by Crippen LogP contribution is -2.37. The van der Waals surface area contributed by atoms with Gasteiger partial charge in [0.2, 0.25) is 0 Å². The smallest absolute Gasteiger partial charge is 0.234 e. The Bertz CT molecular complexity index is 677. The van der Waals surface area contributed by atoms with Crippen molar-refractivity contribution in [3.8, 4) is 0 Å². The molecule has 2 heteroatoms. The van der Waals surface area contributed by atoms with Crippen LogP contribution in [0.15, 0.2) is 12.4 Å². The van der Waals surface area contributed by atoms with Crippen molar-refractivity contribution in [3.05, 3.63) is 18.2 Å². The Labute approximate surface area is 279 Å². The predicted molar refractivity (Wildman–Crippen MR) is 198 cm³/mol. The maximum absolute atomic E-state index is 2.60. The van der Waals surface area contributed by atoms with Gasteiger partial charge < -0.3 is 0 Å². The number of aromatic nitrogens is 2. The number of aryl methyl sites for hydroxylation is 2. The zero-order valence-corrected chi connectivity index (χ0v) is 31.0. The second kappa shape index (κ2) is 33.6. The molecule has 0 N–H and O–H groups in total. The van der Waals surface area contributed by atoms with Crippen molar-refractivity contribution in [2.24, 2.45) is 0 Å². The van der Waals surface area contributed by atoms with Crippen LogP contribution in [0, 0.1) is 0 Å². The minimum atomic E-state index is 1.23. The van der Waals surface area contributed by atoms with Crippen LogP contribution in [-0.4, -0.2) is 4.57 Å². The zero-order valence-electron chi connectivity index (χ0n) is 31.0. The van der Waals surface area contributed by atoms with Gasteiger partial charge in [0.25, 0.3) is 5.82 Å². The van der Waals surface area contributed by atoms with Gasteiger partial charge in [0.1, 0.15) is 12.4 Å². The second-order valence-corrected chi connectivity index (χ2v) is 14.5. The molecule has 0 saturated carbocycles. The molecule has 1 aromatic rings. The maximum atomic E-state index is 2.60. The summed E-state index contributed by atoms with van der Waals surface area (Å²) in [5.74, 6) is 1.60. The highest BCUT2D eigenvalue weighted by atomic mass is 15.1. The molecule has 2 nitrogen and oxygen atoms in total. The molecule has 0 aliphatic rings. The van der Waals surface area contributed by atoms with Crippen molar-refractivity contribution in [2.75, 3.05) is 0 Å². The predicted octanol–water partition coefficient (Wildman–Crippen LogP) is 14.3. The third-order valence-corrected chi connectivity index (χ3v) is 10.1. The van der Waals surface area contributed by atoms with Crippen molar-refractivity contribution in [3.63, 3.8) is 0 Å². The van der Waals surface area contributed by atoms with Crippen LogP contribution in [0.3, 0.4) is 0 Å². The SMILES string of the molecule is CCCCCCCCCCCCCCCCCCC[n+]1ccn(CCCCCCCCCCCCCCCC)c1CCCC. The lowest BCUT2D eigenvalue weighted by molar-refractivity contribution is -0.704. The van der Waals surface area contributed by atoms with E-state index in [2.05, 4.69) is 42.3 Å². The molecule has 0 aromatic carbocycles. The Morgan fingerprint density at radius 1 is 0.386 bits per heavy atom. The molecule has 1 rings (SSSR count). The third-order valence-electron chi connectivity index (χ3n) is 10.1. The van der Waals surface area contributed by atoms with E-state index in [1.165, 1.54) is 231 Å². The van der Waals surface area contributed by atoms with Crippen LogP contribution in [0.1, 0.15) is 238 Å². The summed E-state index contributed by atoms with van der Waals surface area (Å²) in [4.78, 5) is 0. The molecule has 0 saturated heterocycles. The molecular formula is C42H83N2+. The van der Waals surface area contributed by atoms with E-state index in [9.17, 15) is 0 Å². The lowest BCUT2D eigenvalue weighted by atomic mass is 10.0. The molecule has 0 spiro atoms. The van der Waals surface area contributed by atoms with Crippen LogP contribution in [0.4, 0.5) is 0 Å². The number of hydrogen-bond acceptors (Lipinski definition) is 0. The van der Waals surface area contributed by atoms with E-state index in [-0.39, 0.29) is 0 Å². The molecular weight excluding hydrogens is 532 g/mol. The molecule has 260 valence electrons. The average molecular weight is 616 g/mol. The molecule has 0 fully saturated rings. The lowest BCUT2D eigenvalue weighted by Gasteiger charge is -2.06. The first-order valence-electron chi connectivity index (χ1n) is 20.9. The summed E-state index contributed by atoms with van der Waals surface area (Å²) in [7, 11) is 0. The maximum Gasteiger partial charge on any atom is 0.256 e. The molecule has 0 amide bonds. The summed E-state index contributed by atoms with van der Waals surface area (Å²) in [5, 5.41) is 0. The van der Waals surface area contributed by atoms with Crippen molar-refractivity contribution in [1.82, 2.24) is 4.57 Å². The van der Waals surface area contributed by atoms with Gasteiger partial charge in [0.05, 0.1) is 13.1 Å². The fourth-order valence-corrected chi connectivity index (χ4v) is 7.01. The number of nitrogens with zero attached hydrogens (tertiary/aromatic N) is 2. The van der Waals surface area contributed by atoms with Gasteiger partial charge in [0, 0.05) is 6.42 Å². The first-order valence-corrected chi connectivity index (χ1v) is 20.9. The molecule has 0 unspecified atom stereocenters. The van der Waals surface area contributed by atoms with Crippen LogP contribution >= 0.6 is 0 Å². The van der Waals surface area contributed by atoms with E-state index in [0.717, 1.165) is 0 Å². The van der Waals surface area contributed by atoms with E-state index < -0.39 is 0 Å². The molecule has 0 aliphatic heterocycles. The van der Waals surface area contributed by atoms with E-state index in [4.69, 9.17) is 0 Å². The van der Waals surface area contributed by atoms with E-state index >= 15 is 0 Å². The number of imidazole rings is 1. The molecule has 0 radical (unpaired) electrons. The molecule has 0 atom stereocenters. The third kappa shape index (κ3) is 25.4. The summed E-state index contributed by atoms with van der Waals surface area (Å²) in [6.45, 7) is 9.40. The van der Waals surface area contributed by atoms with E-state index in [0.29, 0.717) is 0 Å². The first kappa shape index (κ1) is 41.2. The van der Waals surface area contributed by atoms with Gasteiger partial charge in [-0.15, -0.1) is 0 Å². The molecule has 1 heterocycles. The highest BCUT2D eigenvalue weighted by molar-refractivity contribution is 4.84. The highest BCUT2D eigenvalue weighted by Gasteiger charge is 2.16. The second-order valence-electron chi connectivity index (χ2n) is 14.5. The molecule has 44 heavy (non-hydrogen) atoms. The van der Waals surface area contributed by atoms with Crippen LogP contribution in [0.25, 0.3) is 0 Å². The average Bonchev–Trinajstić information content (AvgIpc) is 3.42. The first-order chi connectivity index (χ1) is 21.8. The zero-order chi connectivity index (χ0) is 31.6. The van der Waals surface area contributed by atoms with Crippen LogP contribution in [0.2, 0.25) is 0 Å². The van der Waals surface area contributed by atoms with Gasteiger partial charge in [-0.2, -0.15) is 0 Å². The van der Waals surface area contributed by atoms with E-state index in [1.54, 1.807) is 5.82 Å². The van der Waals surface area contributed by atoms with Crippen molar-refractivity contribution in [2.45, 2.75) is 252 Å². The quantitative estimate of drug-likeness (QED) is 0.0524. The Balaban J connectivity index is 2.02. The van der Waals surface area contributed by atoms with Gasteiger partial charge in [-0.05, 0) is 32.1 Å². The topological polar surface area (TPSA) is 8.81 Å². The summed E-state index contributed by atoms with van der Waals surface area (Å²) in [6, 6.07) is 0. The van der Waals surface area contributed by atoms with Gasteiger partial charge in [-0.25, -0.2) is 9.13 Å². The van der Waals surface area contributed by atoms with Gasteiger partial charge >= 0.3 is 0 Å². The van der Waals surface area contributed by atoms with Crippen molar-refractivity contribution < 1.29 is 4.57 Å². The normalized spacial score (nSPS) is 11.6. The summed E-state index contributed by atoms with van der Waals surface area (Å²) in [6.07, 6.45) is 53.5. The largest absolute Gasteiger partial charge is 0.256 e. The summed E-state index contributed by atoms with van der Waals surface area (Å²) >= 11 is 0. The Kier molecular flexibility index (Phi) is 31.5. The minimum absolute atomic E-state index is 1.23. The molecule has 0 bridgehead atoms. The minimum Gasteiger partial charge on any atom is -0.234 e. The Hall–Kier alpha value is -0.790. The van der Waals surface area contributed by atoms with Gasteiger partial charge in [0.15, 0.2) is 0 Å².